The Labute approximate surface area is 192 Å². The number of benzene rings is 1. The molecule has 3 aromatic heterocycles. The number of amides is 1. The highest BCUT2D eigenvalue weighted by Gasteiger charge is 2.24. The predicted octanol–water partition coefficient (Wildman–Crippen LogP) is 3.47. The van der Waals surface area contributed by atoms with Crippen LogP contribution in [-0.2, 0) is 4.74 Å². The van der Waals surface area contributed by atoms with Crippen LogP contribution < -0.4 is 10.8 Å². The van der Waals surface area contributed by atoms with Crippen LogP contribution in [0.1, 0.15) is 32.9 Å². The van der Waals surface area contributed by atoms with E-state index in [1.54, 1.807) is 4.90 Å². The van der Waals surface area contributed by atoms with Crippen molar-refractivity contribution in [2.24, 2.45) is 0 Å². The van der Waals surface area contributed by atoms with Crippen molar-refractivity contribution in [1.29, 1.82) is 0 Å². The van der Waals surface area contributed by atoms with Gasteiger partial charge in [-0.05, 0) is 62.5 Å². The highest BCUT2D eigenvalue weighted by molar-refractivity contribution is 6.37. The Morgan fingerprint density at radius 1 is 1.24 bits per heavy atom. The minimum absolute atomic E-state index is 0.271. The molecule has 4 heterocycles. The summed E-state index contributed by atoms with van der Waals surface area (Å²) in [6.45, 7) is 6.80. The molecule has 0 radical (unpaired) electrons. The molecule has 1 amide bonds. The number of rotatable bonds is 3. The molecule has 168 valence electrons. The van der Waals surface area contributed by atoms with Crippen molar-refractivity contribution in [2.75, 3.05) is 18.4 Å². The maximum absolute atomic E-state index is 12.4. The van der Waals surface area contributed by atoms with Crippen LogP contribution in [-0.4, -0.2) is 57.7 Å². The summed E-state index contributed by atoms with van der Waals surface area (Å²) in [5.41, 5.74) is 6.63. The Balaban J connectivity index is 1.40. The van der Waals surface area contributed by atoms with E-state index in [1.807, 2.05) is 45.3 Å². The van der Waals surface area contributed by atoms with Crippen LogP contribution >= 0.6 is 0 Å². The number of hydrogen-bond donors (Lipinski definition) is 3. The molecule has 3 N–H and O–H groups in total. The third kappa shape index (κ3) is 4.31. The van der Waals surface area contributed by atoms with E-state index < -0.39 is 5.60 Å². The topological polar surface area (TPSA) is 98.9 Å². The number of H-pyrrole nitrogens is 2. The van der Waals surface area contributed by atoms with E-state index in [2.05, 4.69) is 51.5 Å². The van der Waals surface area contributed by atoms with Crippen LogP contribution in [0.5, 0.6) is 0 Å². The molecule has 0 fully saturated rings. The number of pyridine rings is 1. The van der Waals surface area contributed by atoms with Crippen molar-refractivity contribution in [3.8, 4) is 0 Å². The maximum Gasteiger partial charge on any atom is 0.410 e. The molecule has 4 aromatic rings. The highest BCUT2D eigenvalue weighted by atomic mass is 16.6. The molecular weight excluding hydrogens is 415 g/mol. The van der Waals surface area contributed by atoms with Gasteiger partial charge in [0.1, 0.15) is 19.1 Å². The SMILES string of the molecule is Bc1cnc2[nH]c(C3=CCN(C(=O)OC(C)(C)C)CC3)cc2c1Nc1ccc2[nH]ncc2c1. The van der Waals surface area contributed by atoms with E-state index in [1.165, 1.54) is 5.57 Å². The van der Waals surface area contributed by atoms with E-state index >= 15 is 0 Å². The third-order valence-electron chi connectivity index (χ3n) is 5.76. The normalized spacial score (nSPS) is 14.5. The molecule has 0 saturated heterocycles. The average Bonchev–Trinajstić information content (AvgIpc) is 3.41. The molecule has 0 saturated carbocycles. The Morgan fingerprint density at radius 2 is 2.09 bits per heavy atom. The first-order valence-corrected chi connectivity index (χ1v) is 11.1. The van der Waals surface area contributed by atoms with Crippen LogP contribution in [0.2, 0.25) is 0 Å². The first-order valence-electron chi connectivity index (χ1n) is 11.1. The number of nitrogens with one attached hydrogen (secondary N) is 3. The van der Waals surface area contributed by atoms with E-state index in [-0.39, 0.29) is 6.09 Å². The number of aromatic nitrogens is 4. The summed E-state index contributed by atoms with van der Waals surface area (Å²) in [6.07, 6.45) is 6.27. The van der Waals surface area contributed by atoms with Gasteiger partial charge < -0.3 is 19.9 Å². The number of anilines is 2. The van der Waals surface area contributed by atoms with Gasteiger partial charge in [0.25, 0.3) is 0 Å². The minimum Gasteiger partial charge on any atom is -0.444 e. The molecule has 33 heavy (non-hydrogen) atoms. The fraction of sp³-hybridized carbons (Fsp3) is 0.292. The van der Waals surface area contributed by atoms with Crippen molar-refractivity contribution in [3.05, 3.63) is 48.4 Å². The minimum atomic E-state index is -0.493. The van der Waals surface area contributed by atoms with Crippen LogP contribution in [0, 0.1) is 0 Å². The van der Waals surface area contributed by atoms with Crippen LogP contribution in [0.15, 0.2) is 42.7 Å². The molecule has 1 aliphatic rings. The zero-order chi connectivity index (χ0) is 23.2. The van der Waals surface area contributed by atoms with Crippen molar-refractivity contribution in [1.82, 2.24) is 25.1 Å². The summed E-state index contributed by atoms with van der Waals surface area (Å²) in [5, 5.41) is 12.7. The van der Waals surface area contributed by atoms with Gasteiger partial charge in [-0.1, -0.05) is 6.08 Å². The van der Waals surface area contributed by atoms with Crippen LogP contribution in [0.25, 0.3) is 27.5 Å². The van der Waals surface area contributed by atoms with Gasteiger partial charge >= 0.3 is 6.09 Å². The van der Waals surface area contributed by atoms with Gasteiger partial charge in [0.2, 0.25) is 0 Å². The lowest BCUT2D eigenvalue weighted by Crippen LogP contribution is -2.39. The van der Waals surface area contributed by atoms with E-state index in [0.717, 1.165) is 50.9 Å². The number of aromatic amines is 2. The molecule has 0 atom stereocenters. The Hall–Kier alpha value is -3.75. The number of carbonyl (C=O) groups excluding carboxylic acids is 1. The zero-order valence-corrected chi connectivity index (χ0v) is 19.3. The quantitative estimate of drug-likeness (QED) is 0.422. The summed E-state index contributed by atoms with van der Waals surface area (Å²) >= 11 is 0. The van der Waals surface area contributed by atoms with Gasteiger partial charge in [-0.25, -0.2) is 9.78 Å². The molecule has 0 bridgehead atoms. The summed E-state index contributed by atoms with van der Waals surface area (Å²) in [4.78, 5) is 22.2. The van der Waals surface area contributed by atoms with Gasteiger partial charge in [-0.15, -0.1) is 0 Å². The fourth-order valence-electron chi connectivity index (χ4n) is 4.08. The standard InChI is InChI=1S/C24H27BN6O2/c1-24(2,3)33-23(32)31-8-6-14(7-9-31)20-11-17-21(18(25)13-26-22(17)29-20)28-16-4-5-19-15(10-16)12-27-30-19/h4-6,10-13H,7-9,25H2,1-3H3,(H,27,30)(H2,26,28,29). The molecule has 1 aromatic carbocycles. The zero-order valence-electron chi connectivity index (χ0n) is 19.3. The lowest BCUT2D eigenvalue weighted by atomic mass is 9.94. The summed E-state index contributed by atoms with van der Waals surface area (Å²) < 4.78 is 5.50. The molecule has 0 unspecified atom stereocenters. The van der Waals surface area contributed by atoms with Crippen LogP contribution in [0.3, 0.4) is 0 Å². The smallest absolute Gasteiger partial charge is 0.410 e. The second-order valence-electron chi connectivity index (χ2n) is 9.46. The highest BCUT2D eigenvalue weighted by Crippen LogP contribution is 2.30. The largest absolute Gasteiger partial charge is 0.444 e. The fourth-order valence-corrected chi connectivity index (χ4v) is 4.08. The van der Waals surface area contributed by atoms with E-state index in [9.17, 15) is 4.79 Å². The van der Waals surface area contributed by atoms with Gasteiger partial charge in [-0.3, -0.25) is 5.10 Å². The number of fused-ring (bicyclic) bond motifs is 2. The van der Waals surface area contributed by atoms with Crippen molar-refractivity contribution in [3.63, 3.8) is 0 Å². The van der Waals surface area contributed by atoms with E-state index in [4.69, 9.17) is 4.74 Å². The molecule has 5 rings (SSSR count). The van der Waals surface area contributed by atoms with Gasteiger partial charge in [-0.2, -0.15) is 5.10 Å². The Morgan fingerprint density at radius 3 is 2.85 bits per heavy atom. The second kappa shape index (κ2) is 7.99. The van der Waals surface area contributed by atoms with Crippen LogP contribution in [0.4, 0.5) is 16.2 Å². The Bertz CT molecular complexity index is 1380. The van der Waals surface area contributed by atoms with Gasteiger partial charge in [0.15, 0.2) is 0 Å². The first kappa shape index (κ1) is 21.1. The van der Waals surface area contributed by atoms with Crippen molar-refractivity contribution < 1.29 is 9.53 Å². The van der Waals surface area contributed by atoms with E-state index in [0.29, 0.717) is 13.1 Å². The molecule has 0 aliphatic carbocycles. The number of nitrogens with zero attached hydrogens (tertiary/aromatic N) is 3. The average molecular weight is 442 g/mol. The number of hydrogen-bond acceptors (Lipinski definition) is 5. The third-order valence-corrected chi connectivity index (χ3v) is 5.76. The lowest BCUT2D eigenvalue weighted by molar-refractivity contribution is 0.0270. The summed E-state index contributed by atoms with van der Waals surface area (Å²) in [6, 6.07) is 8.27. The number of carbonyl (C=O) groups is 1. The molecule has 8 nitrogen and oxygen atoms in total. The maximum atomic E-state index is 12.4. The van der Waals surface area contributed by atoms with Crippen molar-refractivity contribution >= 4 is 58.3 Å². The predicted molar refractivity (Wildman–Crippen MR) is 134 cm³/mol. The molecule has 1 aliphatic heterocycles. The monoisotopic (exact) mass is 442 g/mol. The molecule has 0 spiro atoms. The molecule has 9 heteroatoms. The second-order valence-corrected chi connectivity index (χ2v) is 9.46. The van der Waals surface area contributed by atoms with Gasteiger partial charge in [0.05, 0.1) is 11.7 Å². The lowest BCUT2D eigenvalue weighted by Gasteiger charge is -2.29. The summed E-state index contributed by atoms with van der Waals surface area (Å²) in [5.74, 6) is 0. The summed E-state index contributed by atoms with van der Waals surface area (Å²) in [7, 11) is 2.05. The van der Waals surface area contributed by atoms with Crippen molar-refractivity contribution in [2.45, 2.75) is 32.8 Å². The molecular formula is C24H27BN6O2. The first-order chi connectivity index (χ1) is 15.8. The number of ether oxygens (including phenoxy) is 1. The Kier molecular flexibility index (Phi) is 5.11. The van der Waals surface area contributed by atoms with Gasteiger partial charge in [0, 0.05) is 47.1 Å².